The number of benzene rings is 2. The number of nitrogens with one attached hydrogen (secondary N) is 1. The third-order valence-corrected chi connectivity index (χ3v) is 2.93. The summed E-state index contributed by atoms with van der Waals surface area (Å²) in [5.74, 6) is -0.657. The van der Waals surface area contributed by atoms with Crippen molar-refractivity contribution in [3.8, 4) is 0 Å². The standard InChI is InChI=1S/C15H16F2N2/c1-10-5-6-14(17)13(7-10)15(9-18)19-12-4-2-3-11(16)8-12/h2-8,15,19H,9,18H2,1H3. The minimum absolute atomic E-state index is 0.219. The van der Waals surface area contributed by atoms with Gasteiger partial charge in [-0.3, -0.25) is 0 Å². The molecule has 19 heavy (non-hydrogen) atoms. The number of aryl methyl sites for hydroxylation is 1. The van der Waals surface area contributed by atoms with Crippen molar-refractivity contribution >= 4 is 5.69 Å². The Hall–Kier alpha value is -1.94. The fourth-order valence-electron chi connectivity index (χ4n) is 1.97. The van der Waals surface area contributed by atoms with E-state index in [1.54, 1.807) is 24.3 Å². The molecule has 0 spiro atoms. The minimum atomic E-state index is -0.387. The van der Waals surface area contributed by atoms with Gasteiger partial charge in [-0.25, -0.2) is 8.78 Å². The number of rotatable bonds is 4. The van der Waals surface area contributed by atoms with E-state index in [9.17, 15) is 8.78 Å². The van der Waals surface area contributed by atoms with Gasteiger partial charge < -0.3 is 11.1 Å². The second-order valence-electron chi connectivity index (χ2n) is 4.47. The Morgan fingerprint density at radius 1 is 1.16 bits per heavy atom. The summed E-state index contributed by atoms with van der Waals surface area (Å²) in [5.41, 5.74) is 7.71. The molecule has 3 N–H and O–H groups in total. The van der Waals surface area contributed by atoms with Gasteiger partial charge in [0.25, 0.3) is 0 Å². The van der Waals surface area contributed by atoms with Crippen LogP contribution in [0.1, 0.15) is 17.2 Å². The molecule has 0 aliphatic carbocycles. The Kier molecular flexibility index (Phi) is 4.12. The molecule has 2 nitrogen and oxygen atoms in total. The van der Waals surface area contributed by atoms with E-state index in [2.05, 4.69) is 5.32 Å². The van der Waals surface area contributed by atoms with Crippen LogP contribution in [0.25, 0.3) is 0 Å². The van der Waals surface area contributed by atoms with Crippen LogP contribution in [0.5, 0.6) is 0 Å². The van der Waals surface area contributed by atoms with Crippen molar-refractivity contribution in [2.45, 2.75) is 13.0 Å². The highest BCUT2D eigenvalue weighted by atomic mass is 19.1. The average molecular weight is 262 g/mol. The lowest BCUT2D eigenvalue weighted by Crippen LogP contribution is -2.21. The maximum atomic E-state index is 13.8. The summed E-state index contributed by atoms with van der Waals surface area (Å²) in [7, 11) is 0. The van der Waals surface area contributed by atoms with Crippen LogP contribution in [-0.4, -0.2) is 6.54 Å². The largest absolute Gasteiger partial charge is 0.377 e. The van der Waals surface area contributed by atoms with E-state index in [0.29, 0.717) is 11.3 Å². The Balaban J connectivity index is 2.27. The van der Waals surface area contributed by atoms with E-state index in [1.165, 1.54) is 18.2 Å². The number of hydrogen-bond acceptors (Lipinski definition) is 2. The Morgan fingerprint density at radius 2 is 1.95 bits per heavy atom. The molecule has 0 heterocycles. The molecular weight excluding hydrogens is 246 g/mol. The lowest BCUT2D eigenvalue weighted by Gasteiger charge is -2.19. The van der Waals surface area contributed by atoms with Crippen LogP contribution < -0.4 is 11.1 Å². The Labute approximate surface area is 111 Å². The van der Waals surface area contributed by atoms with Crippen molar-refractivity contribution in [1.82, 2.24) is 0 Å². The summed E-state index contributed by atoms with van der Waals surface area (Å²) in [5, 5.41) is 3.05. The molecule has 0 fully saturated rings. The van der Waals surface area contributed by atoms with Gasteiger partial charge in [-0.05, 0) is 31.2 Å². The highest BCUT2D eigenvalue weighted by Crippen LogP contribution is 2.22. The summed E-state index contributed by atoms with van der Waals surface area (Å²) >= 11 is 0. The van der Waals surface area contributed by atoms with Crippen molar-refractivity contribution in [1.29, 1.82) is 0 Å². The van der Waals surface area contributed by atoms with E-state index < -0.39 is 0 Å². The van der Waals surface area contributed by atoms with Crippen LogP contribution >= 0.6 is 0 Å². The lowest BCUT2D eigenvalue weighted by atomic mass is 10.0. The van der Waals surface area contributed by atoms with Crippen molar-refractivity contribution in [2.75, 3.05) is 11.9 Å². The minimum Gasteiger partial charge on any atom is -0.377 e. The summed E-state index contributed by atoms with van der Waals surface area (Å²) < 4.78 is 26.9. The first-order valence-electron chi connectivity index (χ1n) is 6.08. The first kappa shape index (κ1) is 13.5. The van der Waals surface area contributed by atoms with E-state index in [0.717, 1.165) is 5.56 Å². The molecule has 0 aromatic heterocycles. The molecule has 0 bridgehead atoms. The summed E-state index contributed by atoms with van der Waals surface area (Å²) in [4.78, 5) is 0. The fourth-order valence-corrected chi connectivity index (χ4v) is 1.97. The van der Waals surface area contributed by atoms with Crippen LogP contribution in [-0.2, 0) is 0 Å². The van der Waals surface area contributed by atoms with Gasteiger partial charge in [0.15, 0.2) is 0 Å². The zero-order valence-electron chi connectivity index (χ0n) is 10.7. The normalized spacial score (nSPS) is 12.2. The molecule has 0 radical (unpaired) electrons. The first-order chi connectivity index (χ1) is 9.10. The molecule has 1 atom stereocenters. The van der Waals surface area contributed by atoms with Gasteiger partial charge in [0, 0.05) is 17.8 Å². The molecule has 1 unspecified atom stereocenters. The Morgan fingerprint density at radius 3 is 2.63 bits per heavy atom. The van der Waals surface area contributed by atoms with Crippen LogP contribution in [0.2, 0.25) is 0 Å². The van der Waals surface area contributed by atoms with Crippen LogP contribution in [0.4, 0.5) is 14.5 Å². The summed E-state index contributed by atoms with van der Waals surface area (Å²) in [6.07, 6.45) is 0. The fraction of sp³-hybridized carbons (Fsp3) is 0.200. The van der Waals surface area contributed by atoms with Gasteiger partial charge in [-0.1, -0.05) is 23.8 Å². The molecule has 4 heteroatoms. The second-order valence-corrected chi connectivity index (χ2v) is 4.47. The van der Waals surface area contributed by atoms with E-state index in [-0.39, 0.29) is 24.2 Å². The van der Waals surface area contributed by atoms with Crippen molar-refractivity contribution in [3.63, 3.8) is 0 Å². The zero-order chi connectivity index (χ0) is 13.8. The molecule has 0 saturated carbocycles. The van der Waals surface area contributed by atoms with Gasteiger partial charge in [0.05, 0.1) is 6.04 Å². The van der Waals surface area contributed by atoms with Crippen molar-refractivity contribution < 1.29 is 8.78 Å². The monoisotopic (exact) mass is 262 g/mol. The van der Waals surface area contributed by atoms with Crippen LogP contribution in [0, 0.1) is 18.6 Å². The van der Waals surface area contributed by atoms with E-state index in [1.807, 2.05) is 6.92 Å². The maximum Gasteiger partial charge on any atom is 0.128 e. The zero-order valence-corrected chi connectivity index (χ0v) is 10.7. The van der Waals surface area contributed by atoms with Gasteiger partial charge in [-0.15, -0.1) is 0 Å². The van der Waals surface area contributed by atoms with Crippen LogP contribution in [0.3, 0.4) is 0 Å². The van der Waals surface area contributed by atoms with E-state index >= 15 is 0 Å². The topological polar surface area (TPSA) is 38.0 Å². The first-order valence-corrected chi connectivity index (χ1v) is 6.08. The second kappa shape index (κ2) is 5.80. The van der Waals surface area contributed by atoms with Crippen molar-refractivity contribution in [2.24, 2.45) is 5.73 Å². The highest BCUT2D eigenvalue weighted by Gasteiger charge is 2.14. The molecule has 100 valence electrons. The predicted octanol–water partition coefficient (Wildman–Crippen LogP) is 3.39. The predicted molar refractivity (Wildman–Crippen MR) is 73.0 cm³/mol. The molecule has 2 aromatic carbocycles. The third-order valence-electron chi connectivity index (χ3n) is 2.93. The van der Waals surface area contributed by atoms with Gasteiger partial charge in [0.2, 0.25) is 0 Å². The quantitative estimate of drug-likeness (QED) is 0.886. The molecule has 0 aliphatic rings. The molecule has 0 aliphatic heterocycles. The third kappa shape index (κ3) is 3.29. The SMILES string of the molecule is Cc1ccc(F)c(C(CN)Nc2cccc(F)c2)c1. The van der Waals surface area contributed by atoms with Gasteiger partial charge in [0.1, 0.15) is 11.6 Å². The molecule has 0 saturated heterocycles. The molecule has 0 amide bonds. The number of halogens is 2. The average Bonchev–Trinajstić information content (AvgIpc) is 2.39. The lowest BCUT2D eigenvalue weighted by molar-refractivity contribution is 0.592. The number of anilines is 1. The molecule has 2 rings (SSSR count). The molecular formula is C15H16F2N2. The maximum absolute atomic E-state index is 13.8. The van der Waals surface area contributed by atoms with E-state index in [4.69, 9.17) is 5.73 Å². The van der Waals surface area contributed by atoms with Gasteiger partial charge >= 0.3 is 0 Å². The number of hydrogen-bond donors (Lipinski definition) is 2. The Bertz CT molecular complexity index is 570. The van der Waals surface area contributed by atoms with Crippen molar-refractivity contribution in [3.05, 3.63) is 65.2 Å². The summed E-state index contributed by atoms with van der Waals surface area (Å²) in [6, 6.07) is 10.5. The number of nitrogens with two attached hydrogens (primary N) is 1. The highest BCUT2D eigenvalue weighted by molar-refractivity contribution is 5.46. The molecule has 2 aromatic rings. The summed E-state index contributed by atoms with van der Waals surface area (Å²) in [6.45, 7) is 2.11. The van der Waals surface area contributed by atoms with Gasteiger partial charge in [-0.2, -0.15) is 0 Å². The smallest absolute Gasteiger partial charge is 0.128 e. The van der Waals surface area contributed by atoms with Crippen LogP contribution in [0.15, 0.2) is 42.5 Å².